The van der Waals surface area contributed by atoms with Crippen LogP contribution in [0.2, 0.25) is 0 Å². The standard InChI is InChI=1S/C20H29N5O2S/c1-14-4-3-6-25(12-14)20(26)17-15(2)16-18(22-13-23-19(16)28-17)21-5-7-24-8-10-27-11-9-24/h13-14H,3-12H2,1-2H3,(H,21,22,23). The van der Waals surface area contributed by atoms with Gasteiger partial charge in [-0.1, -0.05) is 6.92 Å². The number of amides is 1. The van der Waals surface area contributed by atoms with Crippen LogP contribution in [0.25, 0.3) is 10.2 Å². The number of aryl methyl sites for hydroxylation is 1. The number of aromatic nitrogens is 2. The van der Waals surface area contributed by atoms with Crippen molar-refractivity contribution in [3.63, 3.8) is 0 Å². The summed E-state index contributed by atoms with van der Waals surface area (Å²) in [5, 5.41) is 4.45. The van der Waals surface area contributed by atoms with Gasteiger partial charge in [-0.15, -0.1) is 11.3 Å². The van der Waals surface area contributed by atoms with Gasteiger partial charge in [0.15, 0.2) is 0 Å². The van der Waals surface area contributed by atoms with E-state index in [4.69, 9.17) is 4.74 Å². The third kappa shape index (κ3) is 4.14. The summed E-state index contributed by atoms with van der Waals surface area (Å²) in [5.74, 6) is 1.55. The number of nitrogens with one attached hydrogen (secondary N) is 1. The largest absolute Gasteiger partial charge is 0.379 e. The number of morpholine rings is 1. The van der Waals surface area contributed by atoms with Gasteiger partial charge in [-0.25, -0.2) is 9.97 Å². The summed E-state index contributed by atoms with van der Waals surface area (Å²) in [6, 6.07) is 0. The van der Waals surface area contributed by atoms with Gasteiger partial charge in [0.2, 0.25) is 0 Å². The molecule has 0 aromatic carbocycles. The normalized spacial score (nSPS) is 21.2. The Kier molecular flexibility index (Phi) is 6.08. The van der Waals surface area contributed by atoms with E-state index in [0.29, 0.717) is 5.92 Å². The monoisotopic (exact) mass is 403 g/mol. The first-order valence-corrected chi connectivity index (χ1v) is 11.0. The number of carbonyl (C=O) groups excluding carboxylic acids is 1. The van der Waals surface area contributed by atoms with Crippen molar-refractivity contribution in [2.24, 2.45) is 5.92 Å². The molecule has 2 aromatic rings. The van der Waals surface area contributed by atoms with Crippen LogP contribution in [0.1, 0.15) is 35.0 Å². The number of anilines is 1. The van der Waals surface area contributed by atoms with E-state index in [9.17, 15) is 4.79 Å². The van der Waals surface area contributed by atoms with Crippen molar-refractivity contribution < 1.29 is 9.53 Å². The number of thiophene rings is 1. The lowest BCUT2D eigenvalue weighted by Gasteiger charge is -2.30. The van der Waals surface area contributed by atoms with Crippen molar-refractivity contribution in [3.8, 4) is 0 Å². The minimum atomic E-state index is 0.145. The van der Waals surface area contributed by atoms with Crippen LogP contribution in [0.15, 0.2) is 6.33 Å². The molecule has 2 fully saturated rings. The van der Waals surface area contributed by atoms with Crippen molar-refractivity contribution in [3.05, 3.63) is 16.8 Å². The van der Waals surface area contributed by atoms with E-state index in [2.05, 4.69) is 27.1 Å². The second kappa shape index (κ2) is 8.71. The first-order chi connectivity index (χ1) is 13.6. The summed E-state index contributed by atoms with van der Waals surface area (Å²) in [6.45, 7) is 11.3. The van der Waals surface area contributed by atoms with Gasteiger partial charge in [-0.3, -0.25) is 9.69 Å². The molecule has 0 bridgehead atoms. The fourth-order valence-corrected chi connectivity index (χ4v) is 5.20. The number of fused-ring (bicyclic) bond motifs is 1. The SMILES string of the molecule is Cc1c(C(=O)N2CCCC(C)C2)sc2ncnc(NCCN3CCOCC3)c12. The maximum Gasteiger partial charge on any atom is 0.264 e. The van der Waals surface area contributed by atoms with Gasteiger partial charge in [0.05, 0.1) is 23.5 Å². The van der Waals surface area contributed by atoms with Crippen LogP contribution in [0.5, 0.6) is 0 Å². The van der Waals surface area contributed by atoms with Gasteiger partial charge in [0.1, 0.15) is 17.0 Å². The van der Waals surface area contributed by atoms with E-state index >= 15 is 0 Å². The van der Waals surface area contributed by atoms with Crippen LogP contribution in [-0.2, 0) is 4.74 Å². The van der Waals surface area contributed by atoms with Crippen molar-refractivity contribution in [2.45, 2.75) is 26.7 Å². The van der Waals surface area contributed by atoms with Crippen LogP contribution >= 0.6 is 11.3 Å². The summed E-state index contributed by atoms with van der Waals surface area (Å²) in [6.07, 6.45) is 3.88. The number of likely N-dealkylation sites (tertiary alicyclic amines) is 1. The van der Waals surface area contributed by atoms with E-state index in [1.807, 2.05) is 11.8 Å². The van der Waals surface area contributed by atoms with Crippen molar-refractivity contribution in [2.75, 3.05) is 57.8 Å². The maximum absolute atomic E-state index is 13.1. The zero-order valence-corrected chi connectivity index (χ0v) is 17.6. The molecule has 28 heavy (non-hydrogen) atoms. The molecule has 1 unspecified atom stereocenters. The van der Waals surface area contributed by atoms with Gasteiger partial charge >= 0.3 is 0 Å². The fourth-order valence-electron chi connectivity index (χ4n) is 4.08. The third-order valence-electron chi connectivity index (χ3n) is 5.69. The first kappa shape index (κ1) is 19.5. The van der Waals surface area contributed by atoms with Gasteiger partial charge in [-0.05, 0) is 31.2 Å². The predicted octanol–water partition coefficient (Wildman–Crippen LogP) is 2.62. The molecule has 4 heterocycles. The first-order valence-electron chi connectivity index (χ1n) is 10.2. The molecule has 2 aliphatic rings. The van der Waals surface area contributed by atoms with Gasteiger partial charge in [0.25, 0.3) is 5.91 Å². The molecule has 0 radical (unpaired) electrons. The average molecular weight is 404 g/mol. The molecule has 0 spiro atoms. The van der Waals surface area contributed by atoms with Crippen LogP contribution in [-0.4, -0.2) is 78.2 Å². The molecule has 2 aromatic heterocycles. The summed E-state index contributed by atoms with van der Waals surface area (Å²) < 4.78 is 5.40. The Bertz CT molecular complexity index is 833. The second-order valence-corrected chi connectivity index (χ2v) is 8.84. The lowest BCUT2D eigenvalue weighted by Crippen LogP contribution is -2.39. The molecule has 1 atom stereocenters. The van der Waals surface area contributed by atoms with Crippen molar-refractivity contribution in [1.82, 2.24) is 19.8 Å². The molecule has 0 saturated carbocycles. The topological polar surface area (TPSA) is 70.6 Å². The van der Waals surface area contributed by atoms with E-state index in [1.165, 1.54) is 17.8 Å². The van der Waals surface area contributed by atoms with Gasteiger partial charge < -0.3 is 15.0 Å². The molecule has 2 saturated heterocycles. The molecule has 152 valence electrons. The smallest absolute Gasteiger partial charge is 0.264 e. The molecule has 0 aliphatic carbocycles. The highest BCUT2D eigenvalue weighted by Crippen LogP contribution is 2.34. The summed E-state index contributed by atoms with van der Waals surface area (Å²) >= 11 is 1.49. The Morgan fingerprint density at radius 2 is 2.14 bits per heavy atom. The zero-order valence-electron chi connectivity index (χ0n) is 16.7. The second-order valence-electron chi connectivity index (χ2n) is 7.84. The maximum atomic E-state index is 13.1. The molecule has 7 nitrogen and oxygen atoms in total. The van der Waals surface area contributed by atoms with E-state index < -0.39 is 0 Å². The lowest BCUT2D eigenvalue weighted by molar-refractivity contribution is 0.0398. The molecule has 4 rings (SSSR count). The highest BCUT2D eigenvalue weighted by atomic mass is 32.1. The molecule has 2 aliphatic heterocycles. The molecule has 1 N–H and O–H groups in total. The third-order valence-corrected chi connectivity index (χ3v) is 6.88. The van der Waals surface area contributed by atoms with Gasteiger partial charge in [-0.2, -0.15) is 0 Å². The van der Waals surface area contributed by atoms with Crippen molar-refractivity contribution >= 4 is 33.3 Å². The Balaban J connectivity index is 1.50. The minimum Gasteiger partial charge on any atom is -0.379 e. The predicted molar refractivity (Wildman–Crippen MR) is 112 cm³/mol. The Hall–Kier alpha value is -1.77. The number of hydrogen-bond donors (Lipinski definition) is 1. The minimum absolute atomic E-state index is 0.145. The molecular weight excluding hydrogens is 374 g/mol. The van der Waals surface area contributed by atoms with Crippen LogP contribution in [0, 0.1) is 12.8 Å². The average Bonchev–Trinajstić information content (AvgIpc) is 3.06. The zero-order chi connectivity index (χ0) is 19.5. The van der Waals surface area contributed by atoms with E-state index in [-0.39, 0.29) is 5.91 Å². The summed E-state index contributed by atoms with van der Waals surface area (Å²) in [4.78, 5) is 28.1. The molecule has 8 heteroatoms. The number of ether oxygens (including phenoxy) is 1. The Labute approximate surface area is 170 Å². The molecule has 1 amide bonds. The highest BCUT2D eigenvalue weighted by molar-refractivity contribution is 7.20. The quantitative estimate of drug-likeness (QED) is 0.828. The van der Waals surface area contributed by atoms with E-state index in [1.54, 1.807) is 6.33 Å². The lowest BCUT2D eigenvalue weighted by atomic mass is 10.00. The fraction of sp³-hybridized carbons (Fsp3) is 0.650. The number of hydrogen-bond acceptors (Lipinski definition) is 7. The summed E-state index contributed by atoms with van der Waals surface area (Å²) in [5.41, 5.74) is 0.998. The van der Waals surface area contributed by atoms with Crippen LogP contribution in [0.4, 0.5) is 5.82 Å². The number of piperidine rings is 1. The van der Waals surface area contributed by atoms with Crippen LogP contribution in [0.3, 0.4) is 0 Å². The van der Waals surface area contributed by atoms with Gasteiger partial charge in [0, 0.05) is 39.3 Å². The summed E-state index contributed by atoms with van der Waals surface area (Å²) in [7, 11) is 0. The Morgan fingerprint density at radius 1 is 1.32 bits per heavy atom. The molecular formula is C20H29N5O2S. The number of rotatable bonds is 5. The van der Waals surface area contributed by atoms with E-state index in [0.717, 1.165) is 85.4 Å². The number of nitrogens with zero attached hydrogens (tertiary/aromatic N) is 4. The van der Waals surface area contributed by atoms with Crippen molar-refractivity contribution in [1.29, 1.82) is 0 Å². The highest BCUT2D eigenvalue weighted by Gasteiger charge is 2.26. The Morgan fingerprint density at radius 3 is 2.93 bits per heavy atom. The number of carbonyl (C=O) groups is 1. The van der Waals surface area contributed by atoms with Crippen LogP contribution < -0.4 is 5.32 Å².